The van der Waals surface area contributed by atoms with Crippen LogP contribution in [0.1, 0.15) is 0 Å². The molecule has 1 aromatic carbocycles. The van der Waals surface area contributed by atoms with Crippen LogP contribution in [0.2, 0.25) is 5.02 Å². The Hall–Kier alpha value is -1.79. The Kier molecular flexibility index (Phi) is 3.40. The fourth-order valence-corrected chi connectivity index (χ4v) is 2.73. The quantitative estimate of drug-likeness (QED) is 0.903. The monoisotopic (exact) mass is 283 g/mol. The Morgan fingerprint density at radius 1 is 1.28 bits per heavy atom. The molecule has 0 bridgehead atoms. The van der Waals surface area contributed by atoms with Crippen molar-refractivity contribution in [3.63, 3.8) is 0 Å². The van der Waals surface area contributed by atoms with Gasteiger partial charge in [0.1, 0.15) is 0 Å². The Labute approximate surface area is 110 Å². The Balaban J connectivity index is 2.37. The zero-order valence-corrected chi connectivity index (χ0v) is 10.7. The van der Waals surface area contributed by atoms with E-state index in [9.17, 15) is 8.42 Å². The van der Waals surface area contributed by atoms with Gasteiger partial charge in [-0.25, -0.2) is 8.42 Å². The summed E-state index contributed by atoms with van der Waals surface area (Å²) in [5.41, 5.74) is 6.16. The number of halogens is 1. The van der Waals surface area contributed by atoms with Gasteiger partial charge in [-0.05, 0) is 24.3 Å². The van der Waals surface area contributed by atoms with E-state index in [1.54, 1.807) is 12.1 Å². The van der Waals surface area contributed by atoms with Crippen LogP contribution in [-0.2, 0) is 10.0 Å². The molecule has 0 unspecified atom stereocenters. The van der Waals surface area contributed by atoms with Gasteiger partial charge < -0.3 is 5.73 Å². The molecule has 0 aliphatic heterocycles. The lowest BCUT2D eigenvalue weighted by molar-refractivity contribution is 0.601. The van der Waals surface area contributed by atoms with E-state index in [4.69, 9.17) is 17.3 Å². The third-order valence-electron chi connectivity index (χ3n) is 2.20. The van der Waals surface area contributed by atoms with E-state index in [2.05, 4.69) is 9.71 Å². The van der Waals surface area contributed by atoms with Gasteiger partial charge in [0.2, 0.25) is 0 Å². The predicted molar refractivity (Wildman–Crippen MR) is 70.9 cm³/mol. The number of nitrogens with one attached hydrogen (secondary N) is 1. The number of benzene rings is 1. The number of sulfonamides is 1. The molecule has 0 aliphatic carbocycles. The van der Waals surface area contributed by atoms with Gasteiger partial charge in [0.05, 0.1) is 22.5 Å². The van der Waals surface area contributed by atoms with Crippen LogP contribution in [0, 0.1) is 0 Å². The second-order valence-electron chi connectivity index (χ2n) is 3.53. The third kappa shape index (κ3) is 2.72. The summed E-state index contributed by atoms with van der Waals surface area (Å²) in [6.07, 6.45) is 2.82. The van der Waals surface area contributed by atoms with Crippen LogP contribution in [0.15, 0.2) is 47.6 Å². The molecular weight excluding hydrogens is 274 g/mol. The Bertz CT molecular complexity index is 673. The number of hydrogen-bond acceptors (Lipinski definition) is 4. The van der Waals surface area contributed by atoms with E-state index in [-0.39, 0.29) is 16.3 Å². The molecule has 0 saturated heterocycles. The lowest BCUT2D eigenvalue weighted by Gasteiger charge is -2.09. The van der Waals surface area contributed by atoms with Crippen LogP contribution in [0.5, 0.6) is 0 Å². The first-order valence-corrected chi connectivity index (χ1v) is 6.83. The minimum atomic E-state index is -3.70. The molecule has 7 heteroatoms. The number of nitrogen functional groups attached to an aromatic ring is 1. The fraction of sp³-hybridized carbons (Fsp3) is 0. The van der Waals surface area contributed by atoms with Crippen LogP contribution in [-0.4, -0.2) is 13.4 Å². The Morgan fingerprint density at radius 3 is 2.72 bits per heavy atom. The van der Waals surface area contributed by atoms with E-state index < -0.39 is 10.0 Å². The highest BCUT2D eigenvalue weighted by atomic mass is 35.5. The largest absolute Gasteiger partial charge is 0.396 e. The molecule has 0 saturated carbocycles. The molecule has 3 N–H and O–H groups in total. The van der Waals surface area contributed by atoms with Crippen LogP contribution in [0.4, 0.5) is 11.4 Å². The van der Waals surface area contributed by atoms with Crippen LogP contribution >= 0.6 is 11.6 Å². The SMILES string of the molecule is Nc1cnccc1NS(=O)(=O)c1cccc(Cl)c1. The molecule has 2 rings (SSSR count). The van der Waals surface area contributed by atoms with Gasteiger partial charge in [-0.3, -0.25) is 9.71 Å². The van der Waals surface area contributed by atoms with Crippen molar-refractivity contribution in [2.75, 3.05) is 10.5 Å². The lowest BCUT2D eigenvalue weighted by Crippen LogP contribution is -2.14. The fourth-order valence-electron chi connectivity index (χ4n) is 1.34. The molecule has 0 atom stereocenters. The smallest absolute Gasteiger partial charge is 0.262 e. The number of hydrogen-bond donors (Lipinski definition) is 2. The van der Waals surface area contributed by atoms with E-state index in [1.807, 2.05) is 0 Å². The maximum Gasteiger partial charge on any atom is 0.262 e. The number of anilines is 2. The van der Waals surface area contributed by atoms with E-state index >= 15 is 0 Å². The number of nitrogens with zero attached hydrogens (tertiary/aromatic N) is 1. The summed E-state index contributed by atoms with van der Waals surface area (Å²) in [6.45, 7) is 0. The highest BCUT2D eigenvalue weighted by Gasteiger charge is 2.15. The highest BCUT2D eigenvalue weighted by molar-refractivity contribution is 7.92. The van der Waals surface area contributed by atoms with Gasteiger partial charge in [0.15, 0.2) is 0 Å². The first kappa shape index (κ1) is 12.7. The molecule has 1 heterocycles. The van der Waals surface area contributed by atoms with Gasteiger partial charge in [-0.2, -0.15) is 0 Å². The van der Waals surface area contributed by atoms with Crippen molar-refractivity contribution in [3.8, 4) is 0 Å². The van der Waals surface area contributed by atoms with Crippen LogP contribution < -0.4 is 10.5 Å². The van der Waals surface area contributed by atoms with E-state index in [1.165, 1.54) is 30.6 Å². The molecule has 0 radical (unpaired) electrons. The predicted octanol–water partition coefficient (Wildman–Crippen LogP) is 2.12. The van der Waals surface area contributed by atoms with Crippen molar-refractivity contribution in [1.29, 1.82) is 0 Å². The van der Waals surface area contributed by atoms with Crippen molar-refractivity contribution in [2.45, 2.75) is 4.90 Å². The minimum absolute atomic E-state index is 0.0752. The number of nitrogens with two attached hydrogens (primary N) is 1. The second kappa shape index (κ2) is 4.83. The van der Waals surface area contributed by atoms with Crippen molar-refractivity contribution < 1.29 is 8.42 Å². The number of aromatic nitrogens is 1. The van der Waals surface area contributed by atoms with E-state index in [0.717, 1.165) is 0 Å². The molecule has 1 aromatic heterocycles. The highest BCUT2D eigenvalue weighted by Crippen LogP contribution is 2.22. The maximum absolute atomic E-state index is 12.1. The molecule has 0 spiro atoms. The summed E-state index contributed by atoms with van der Waals surface area (Å²) < 4.78 is 26.5. The summed E-state index contributed by atoms with van der Waals surface area (Å²) in [6, 6.07) is 7.46. The second-order valence-corrected chi connectivity index (χ2v) is 5.64. The maximum atomic E-state index is 12.1. The third-order valence-corrected chi connectivity index (χ3v) is 3.80. The van der Waals surface area contributed by atoms with Crippen molar-refractivity contribution in [1.82, 2.24) is 4.98 Å². The molecule has 0 aliphatic rings. The van der Waals surface area contributed by atoms with Crippen molar-refractivity contribution in [2.24, 2.45) is 0 Å². The zero-order chi connectivity index (χ0) is 13.2. The lowest BCUT2D eigenvalue weighted by atomic mass is 10.4. The van der Waals surface area contributed by atoms with Gasteiger partial charge in [0.25, 0.3) is 10.0 Å². The van der Waals surface area contributed by atoms with Gasteiger partial charge in [0, 0.05) is 11.2 Å². The molecule has 18 heavy (non-hydrogen) atoms. The minimum Gasteiger partial charge on any atom is -0.396 e. The van der Waals surface area contributed by atoms with Crippen LogP contribution in [0.3, 0.4) is 0 Å². The summed E-state index contributed by atoms with van der Waals surface area (Å²) in [7, 11) is -3.70. The average Bonchev–Trinajstić information content (AvgIpc) is 2.32. The van der Waals surface area contributed by atoms with E-state index in [0.29, 0.717) is 5.02 Å². The molecule has 5 nitrogen and oxygen atoms in total. The van der Waals surface area contributed by atoms with Gasteiger partial charge in [-0.1, -0.05) is 17.7 Å². The summed E-state index contributed by atoms with van der Waals surface area (Å²) in [4.78, 5) is 3.86. The average molecular weight is 284 g/mol. The first-order valence-electron chi connectivity index (χ1n) is 4.97. The number of pyridine rings is 1. The molecule has 94 valence electrons. The normalized spacial score (nSPS) is 11.2. The zero-order valence-electron chi connectivity index (χ0n) is 9.17. The molecule has 0 fully saturated rings. The summed E-state index contributed by atoms with van der Waals surface area (Å²) in [5.74, 6) is 0. The Morgan fingerprint density at radius 2 is 2.06 bits per heavy atom. The first-order chi connectivity index (χ1) is 8.49. The van der Waals surface area contributed by atoms with Gasteiger partial charge >= 0.3 is 0 Å². The van der Waals surface area contributed by atoms with Crippen LogP contribution in [0.25, 0.3) is 0 Å². The van der Waals surface area contributed by atoms with Crippen molar-refractivity contribution in [3.05, 3.63) is 47.7 Å². The van der Waals surface area contributed by atoms with Crippen molar-refractivity contribution >= 4 is 33.0 Å². The summed E-state index contributed by atoms with van der Waals surface area (Å²) >= 11 is 5.76. The topological polar surface area (TPSA) is 85.1 Å². The molecular formula is C11H10ClN3O2S. The molecule has 0 amide bonds. The summed E-state index contributed by atoms with van der Waals surface area (Å²) in [5, 5.41) is 0.348. The molecule has 2 aromatic rings. The standard InChI is InChI=1S/C11H10ClN3O2S/c12-8-2-1-3-9(6-8)18(16,17)15-11-4-5-14-7-10(11)13/h1-7H,13H2,(H,14,15). The number of rotatable bonds is 3. The van der Waals surface area contributed by atoms with Gasteiger partial charge in [-0.15, -0.1) is 0 Å².